The maximum atomic E-state index is 12.4. The van der Waals surface area contributed by atoms with Crippen molar-refractivity contribution < 1.29 is 4.79 Å². The van der Waals surface area contributed by atoms with Crippen LogP contribution in [-0.2, 0) is 0 Å². The van der Waals surface area contributed by atoms with Crippen LogP contribution in [0.2, 0.25) is 0 Å². The quantitative estimate of drug-likeness (QED) is 0.819. The van der Waals surface area contributed by atoms with Gasteiger partial charge in [-0.25, -0.2) is 0 Å². The van der Waals surface area contributed by atoms with Crippen LogP contribution in [0.5, 0.6) is 0 Å². The highest BCUT2D eigenvalue weighted by Crippen LogP contribution is 2.27. The third-order valence-electron chi connectivity index (χ3n) is 4.01. The highest BCUT2D eigenvalue weighted by atomic mass is 16.2. The molecule has 1 aromatic carbocycles. The minimum atomic E-state index is 0.117. The van der Waals surface area contributed by atoms with E-state index in [-0.39, 0.29) is 5.91 Å². The van der Waals surface area contributed by atoms with E-state index in [0.29, 0.717) is 5.69 Å². The first-order valence-corrected chi connectivity index (χ1v) is 7.04. The number of aryl methyl sites for hydroxylation is 1. The molecule has 102 valence electrons. The van der Waals surface area contributed by atoms with E-state index >= 15 is 0 Å². The van der Waals surface area contributed by atoms with Crippen molar-refractivity contribution >= 4 is 11.6 Å². The summed E-state index contributed by atoms with van der Waals surface area (Å²) in [6, 6.07) is 6.39. The number of nitrogens with two attached hydrogens (primary N) is 1. The van der Waals surface area contributed by atoms with Crippen molar-refractivity contribution in [1.29, 1.82) is 0 Å². The molecule has 4 nitrogen and oxygen atoms in total. The zero-order valence-electron chi connectivity index (χ0n) is 11.4. The van der Waals surface area contributed by atoms with E-state index in [4.69, 9.17) is 5.73 Å². The van der Waals surface area contributed by atoms with E-state index in [9.17, 15) is 4.79 Å². The number of benzene rings is 1. The number of amides is 1. The molecule has 2 N–H and O–H groups in total. The molecular formula is C15H21N3O. The van der Waals surface area contributed by atoms with Crippen molar-refractivity contribution in [2.75, 3.05) is 31.9 Å². The van der Waals surface area contributed by atoms with Crippen LogP contribution >= 0.6 is 0 Å². The first-order chi connectivity index (χ1) is 9.13. The molecule has 1 amide bonds. The molecule has 19 heavy (non-hydrogen) atoms. The van der Waals surface area contributed by atoms with Gasteiger partial charge < -0.3 is 10.6 Å². The molecule has 2 fully saturated rings. The van der Waals surface area contributed by atoms with Crippen molar-refractivity contribution in [2.45, 2.75) is 25.8 Å². The van der Waals surface area contributed by atoms with Crippen molar-refractivity contribution in [3.63, 3.8) is 0 Å². The Morgan fingerprint density at radius 2 is 1.84 bits per heavy atom. The molecule has 0 aromatic heterocycles. The summed E-state index contributed by atoms with van der Waals surface area (Å²) in [4.78, 5) is 16.9. The standard InChI is InChI=1S/C15H21N3O/c1-11-8-12(10-13(16)9-11)15(19)18-6-4-17(5-7-18)14-2-3-14/h8-10,14H,2-7,16H2,1H3. The van der Waals surface area contributed by atoms with Crippen LogP contribution < -0.4 is 5.73 Å². The molecule has 1 aliphatic heterocycles. The highest BCUT2D eigenvalue weighted by Gasteiger charge is 2.32. The molecule has 2 aliphatic rings. The van der Waals surface area contributed by atoms with Crippen LogP contribution in [0, 0.1) is 6.92 Å². The zero-order valence-corrected chi connectivity index (χ0v) is 11.4. The lowest BCUT2D eigenvalue weighted by molar-refractivity contribution is 0.0627. The zero-order chi connectivity index (χ0) is 13.4. The van der Waals surface area contributed by atoms with Gasteiger partial charge in [-0.05, 0) is 43.5 Å². The Labute approximate surface area is 114 Å². The normalized spacial score (nSPS) is 20.6. The molecule has 0 radical (unpaired) electrons. The Morgan fingerprint density at radius 1 is 1.16 bits per heavy atom. The SMILES string of the molecule is Cc1cc(N)cc(C(=O)N2CCN(C3CC3)CC2)c1. The summed E-state index contributed by atoms with van der Waals surface area (Å²) in [5.41, 5.74) is 8.25. The predicted molar refractivity (Wildman–Crippen MR) is 76.1 cm³/mol. The third kappa shape index (κ3) is 2.73. The largest absolute Gasteiger partial charge is 0.399 e. The smallest absolute Gasteiger partial charge is 0.254 e. The summed E-state index contributed by atoms with van der Waals surface area (Å²) < 4.78 is 0. The monoisotopic (exact) mass is 259 g/mol. The van der Waals surface area contributed by atoms with Gasteiger partial charge in [0, 0.05) is 43.5 Å². The molecular weight excluding hydrogens is 238 g/mol. The Morgan fingerprint density at radius 3 is 2.42 bits per heavy atom. The summed E-state index contributed by atoms with van der Waals surface area (Å²) in [6.45, 7) is 5.67. The van der Waals surface area contributed by atoms with Gasteiger partial charge in [0.1, 0.15) is 0 Å². The van der Waals surface area contributed by atoms with Crippen LogP contribution in [0.4, 0.5) is 5.69 Å². The van der Waals surface area contributed by atoms with Crippen LogP contribution in [0.3, 0.4) is 0 Å². The maximum absolute atomic E-state index is 12.4. The number of nitrogen functional groups attached to an aromatic ring is 1. The minimum Gasteiger partial charge on any atom is -0.399 e. The molecule has 4 heteroatoms. The Bertz CT molecular complexity index is 468. The van der Waals surface area contributed by atoms with E-state index in [2.05, 4.69) is 4.90 Å². The van der Waals surface area contributed by atoms with Crippen LogP contribution in [0.25, 0.3) is 0 Å². The van der Waals surface area contributed by atoms with Crippen LogP contribution in [0.1, 0.15) is 28.8 Å². The van der Waals surface area contributed by atoms with Crippen molar-refractivity contribution in [3.05, 3.63) is 29.3 Å². The second-order valence-corrected chi connectivity index (χ2v) is 5.69. The average Bonchev–Trinajstić information content (AvgIpc) is 3.21. The predicted octanol–water partition coefficient (Wildman–Crippen LogP) is 1.50. The van der Waals surface area contributed by atoms with Crippen molar-refractivity contribution in [1.82, 2.24) is 9.80 Å². The van der Waals surface area contributed by atoms with Crippen molar-refractivity contribution in [2.24, 2.45) is 0 Å². The topological polar surface area (TPSA) is 49.6 Å². The number of piperazine rings is 1. The van der Waals surface area contributed by atoms with Gasteiger partial charge in [-0.3, -0.25) is 9.69 Å². The lowest BCUT2D eigenvalue weighted by atomic mass is 10.1. The Kier molecular flexibility index (Phi) is 3.19. The Balaban J connectivity index is 1.67. The Hall–Kier alpha value is -1.55. The molecule has 1 saturated carbocycles. The number of hydrogen-bond acceptors (Lipinski definition) is 3. The third-order valence-corrected chi connectivity index (χ3v) is 4.01. The van der Waals surface area contributed by atoms with Gasteiger partial charge in [0.2, 0.25) is 0 Å². The number of carbonyl (C=O) groups excluding carboxylic acids is 1. The van der Waals surface area contributed by atoms with Crippen LogP contribution in [0.15, 0.2) is 18.2 Å². The van der Waals surface area contributed by atoms with E-state index in [1.54, 1.807) is 6.07 Å². The number of nitrogens with zero attached hydrogens (tertiary/aromatic N) is 2. The summed E-state index contributed by atoms with van der Waals surface area (Å²) in [5.74, 6) is 0.117. The fourth-order valence-electron chi connectivity index (χ4n) is 2.85. The van der Waals surface area contributed by atoms with Gasteiger partial charge >= 0.3 is 0 Å². The molecule has 0 bridgehead atoms. The molecule has 1 saturated heterocycles. The first kappa shape index (κ1) is 12.5. The molecule has 0 unspecified atom stereocenters. The second kappa shape index (κ2) is 4.85. The van der Waals surface area contributed by atoms with E-state index in [1.807, 2.05) is 24.0 Å². The fraction of sp³-hybridized carbons (Fsp3) is 0.533. The second-order valence-electron chi connectivity index (χ2n) is 5.69. The molecule has 1 aromatic rings. The number of hydrogen-bond donors (Lipinski definition) is 1. The summed E-state index contributed by atoms with van der Waals surface area (Å²) >= 11 is 0. The number of carbonyl (C=O) groups is 1. The maximum Gasteiger partial charge on any atom is 0.254 e. The highest BCUT2D eigenvalue weighted by molar-refractivity contribution is 5.95. The average molecular weight is 259 g/mol. The minimum absolute atomic E-state index is 0.117. The van der Waals surface area contributed by atoms with Crippen LogP contribution in [-0.4, -0.2) is 47.9 Å². The van der Waals surface area contributed by atoms with Gasteiger partial charge in [0.25, 0.3) is 5.91 Å². The first-order valence-electron chi connectivity index (χ1n) is 7.04. The summed E-state index contributed by atoms with van der Waals surface area (Å²) in [5, 5.41) is 0. The molecule has 0 spiro atoms. The molecule has 1 aliphatic carbocycles. The van der Waals surface area contributed by atoms with Gasteiger partial charge in [-0.1, -0.05) is 0 Å². The van der Waals surface area contributed by atoms with Gasteiger partial charge in [0.05, 0.1) is 0 Å². The molecule has 0 atom stereocenters. The molecule has 1 heterocycles. The summed E-state index contributed by atoms with van der Waals surface area (Å²) in [7, 11) is 0. The van der Waals surface area contributed by atoms with Gasteiger partial charge in [-0.2, -0.15) is 0 Å². The van der Waals surface area contributed by atoms with Gasteiger partial charge in [-0.15, -0.1) is 0 Å². The molecule has 3 rings (SSSR count). The van der Waals surface area contributed by atoms with E-state index < -0.39 is 0 Å². The van der Waals surface area contributed by atoms with Crippen molar-refractivity contribution in [3.8, 4) is 0 Å². The summed E-state index contributed by atoms with van der Waals surface area (Å²) in [6.07, 6.45) is 2.67. The lowest BCUT2D eigenvalue weighted by Crippen LogP contribution is -2.49. The van der Waals surface area contributed by atoms with Gasteiger partial charge in [0.15, 0.2) is 0 Å². The van der Waals surface area contributed by atoms with E-state index in [0.717, 1.165) is 43.3 Å². The lowest BCUT2D eigenvalue weighted by Gasteiger charge is -2.35. The number of rotatable bonds is 2. The fourth-order valence-corrected chi connectivity index (χ4v) is 2.85. The van der Waals surface area contributed by atoms with E-state index in [1.165, 1.54) is 12.8 Å². The number of anilines is 1.